The summed E-state index contributed by atoms with van der Waals surface area (Å²) in [6.45, 7) is 0. The van der Waals surface area contributed by atoms with Gasteiger partial charge >= 0.3 is 6.18 Å². The van der Waals surface area contributed by atoms with Crippen molar-refractivity contribution in [1.82, 2.24) is 0 Å². The van der Waals surface area contributed by atoms with Gasteiger partial charge in [-0.15, -0.1) is 0 Å². The van der Waals surface area contributed by atoms with E-state index in [2.05, 4.69) is 0 Å². The van der Waals surface area contributed by atoms with E-state index < -0.39 is 11.7 Å². The second-order valence-corrected chi connectivity index (χ2v) is 5.07. The smallest absolute Gasteiger partial charge is 0.416 e. The fourth-order valence-corrected chi connectivity index (χ4v) is 2.70. The first-order valence-electron chi connectivity index (χ1n) is 6.39. The molecule has 0 fully saturated rings. The molecule has 108 valence electrons. The monoisotopic (exact) mass is 292 g/mol. The molecule has 0 radical (unpaired) electrons. The number of fused-ring (bicyclic) bond motifs is 1. The third-order valence-electron chi connectivity index (χ3n) is 3.74. The number of ketones is 1. The number of aromatic hydroxyl groups is 1. The highest BCUT2D eigenvalue weighted by molar-refractivity contribution is 6.02. The molecule has 0 aromatic heterocycles. The maximum absolute atomic E-state index is 12.6. The van der Waals surface area contributed by atoms with Gasteiger partial charge in [0.1, 0.15) is 5.75 Å². The number of hydrogen-bond acceptors (Lipinski definition) is 2. The summed E-state index contributed by atoms with van der Waals surface area (Å²) in [6.07, 6.45) is -4.15. The number of phenols is 1. The van der Waals surface area contributed by atoms with E-state index in [9.17, 15) is 23.1 Å². The van der Waals surface area contributed by atoms with Gasteiger partial charge < -0.3 is 5.11 Å². The van der Waals surface area contributed by atoms with Crippen LogP contribution in [0.15, 0.2) is 42.5 Å². The second kappa shape index (κ2) is 4.62. The van der Waals surface area contributed by atoms with Crippen LogP contribution in [-0.2, 0) is 6.18 Å². The average molecular weight is 292 g/mol. The van der Waals surface area contributed by atoms with Gasteiger partial charge in [0.25, 0.3) is 0 Å². The Balaban J connectivity index is 1.98. The molecule has 21 heavy (non-hydrogen) atoms. The van der Waals surface area contributed by atoms with Gasteiger partial charge in [0.05, 0.1) is 5.56 Å². The molecule has 1 aliphatic carbocycles. The standard InChI is InChI=1S/C16H11F3O2/c17-16(18,19)10-3-1-9(2-4-10)13-8-15(21)14-7-11(20)5-6-12(13)14/h1-7,13,20H,8H2. The highest BCUT2D eigenvalue weighted by Gasteiger charge is 2.33. The van der Waals surface area contributed by atoms with Crippen LogP contribution >= 0.6 is 0 Å². The molecule has 0 amide bonds. The molecule has 0 bridgehead atoms. The molecule has 1 N–H and O–H groups in total. The van der Waals surface area contributed by atoms with Crippen molar-refractivity contribution in [3.63, 3.8) is 0 Å². The fraction of sp³-hybridized carbons (Fsp3) is 0.188. The Bertz CT molecular complexity index is 702. The van der Waals surface area contributed by atoms with Crippen LogP contribution in [0.25, 0.3) is 0 Å². The zero-order valence-electron chi connectivity index (χ0n) is 10.8. The van der Waals surface area contributed by atoms with Crippen molar-refractivity contribution < 1.29 is 23.1 Å². The maximum Gasteiger partial charge on any atom is 0.416 e. The van der Waals surface area contributed by atoms with Crippen LogP contribution in [0.1, 0.15) is 39.4 Å². The summed E-state index contributed by atoms with van der Waals surface area (Å²) < 4.78 is 37.7. The molecule has 0 aliphatic heterocycles. The molecule has 0 heterocycles. The summed E-state index contributed by atoms with van der Waals surface area (Å²) in [6, 6.07) is 9.40. The molecule has 2 aromatic carbocycles. The van der Waals surface area contributed by atoms with Crippen LogP contribution in [0.4, 0.5) is 13.2 Å². The molecule has 1 unspecified atom stereocenters. The minimum Gasteiger partial charge on any atom is -0.508 e. The number of benzene rings is 2. The molecule has 2 aromatic rings. The Kier molecular flexibility index (Phi) is 3.01. The van der Waals surface area contributed by atoms with Crippen molar-refractivity contribution >= 4 is 5.78 Å². The molecule has 5 heteroatoms. The molecule has 2 nitrogen and oxygen atoms in total. The van der Waals surface area contributed by atoms with Gasteiger partial charge in [-0.1, -0.05) is 18.2 Å². The summed E-state index contributed by atoms with van der Waals surface area (Å²) >= 11 is 0. The van der Waals surface area contributed by atoms with E-state index in [0.29, 0.717) is 11.1 Å². The Morgan fingerprint density at radius 2 is 1.71 bits per heavy atom. The minimum absolute atomic E-state index is 0.00942. The lowest BCUT2D eigenvalue weighted by Crippen LogP contribution is -2.05. The first kappa shape index (κ1) is 13.7. The number of carbonyl (C=O) groups excluding carboxylic acids is 1. The van der Waals surface area contributed by atoms with Crippen molar-refractivity contribution in [3.8, 4) is 5.75 Å². The molecule has 0 saturated carbocycles. The predicted molar refractivity (Wildman–Crippen MR) is 70.3 cm³/mol. The van der Waals surface area contributed by atoms with Crippen LogP contribution in [0, 0.1) is 0 Å². The normalized spacial score (nSPS) is 17.9. The quantitative estimate of drug-likeness (QED) is 0.858. The van der Waals surface area contributed by atoms with Crippen molar-refractivity contribution in [2.75, 3.05) is 0 Å². The fourth-order valence-electron chi connectivity index (χ4n) is 2.70. The van der Waals surface area contributed by atoms with Crippen molar-refractivity contribution in [2.45, 2.75) is 18.5 Å². The zero-order chi connectivity index (χ0) is 15.2. The van der Waals surface area contributed by atoms with Gasteiger partial charge in [-0.2, -0.15) is 13.2 Å². The lowest BCUT2D eigenvalue weighted by molar-refractivity contribution is -0.137. The number of Topliss-reactive ketones (excluding diaryl/α,β-unsaturated/α-hetero) is 1. The highest BCUT2D eigenvalue weighted by Crippen LogP contribution is 2.40. The van der Waals surface area contributed by atoms with E-state index in [0.717, 1.165) is 17.7 Å². The Hall–Kier alpha value is -2.30. The first-order chi connectivity index (χ1) is 9.86. The van der Waals surface area contributed by atoms with Crippen LogP contribution in [0.5, 0.6) is 5.75 Å². The molecular formula is C16H11F3O2. The zero-order valence-corrected chi connectivity index (χ0v) is 10.8. The SMILES string of the molecule is O=C1CC(c2ccc(C(F)(F)F)cc2)c2ccc(O)cc21. The third-order valence-corrected chi connectivity index (χ3v) is 3.74. The van der Waals surface area contributed by atoms with E-state index in [1.165, 1.54) is 24.3 Å². The number of carbonyl (C=O) groups is 1. The number of rotatable bonds is 1. The van der Waals surface area contributed by atoms with Gasteiger partial charge in [0.15, 0.2) is 5.78 Å². The third kappa shape index (κ3) is 2.39. The lowest BCUT2D eigenvalue weighted by atomic mass is 9.92. The average Bonchev–Trinajstić information content (AvgIpc) is 2.75. The van der Waals surface area contributed by atoms with Crippen LogP contribution in [-0.4, -0.2) is 10.9 Å². The molecule has 0 saturated heterocycles. The summed E-state index contributed by atoms with van der Waals surface area (Å²) in [7, 11) is 0. The van der Waals surface area contributed by atoms with Gasteiger partial charge in [-0.3, -0.25) is 4.79 Å². The molecule has 0 spiro atoms. The van der Waals surface area contributed by atoms with Crippen LogP contribution in [0.2, 0.25) is 0 Å². The summed E-state index contributed by atoms with van der Waals surface area (Å²) in [5.74, 6) is -0.351. The summed E-state index contributed by atoms with van der Waals surface area (Å²) in [4.78, 5) is 11.9. The minimum atomic E-state index is -4.37. The second-order valence-electron chi connectivity index (χ2n) is 5.07. The molecule has 1 atom stereocenters. The lowest BCUT2D eigenvalue weighted by Gasteiger charge is -2.13. The largest absolute Gasteiger partial charge is 0.508 e. The van der Waals surface area contributed by atoms with Gasteiger partial charge in [-0.25, -0.2) is 0 Å². The summed E-state index contributed by atoms with van der Waals surface area (Å²) in [5.41, 5.74) is 1.15. The molecular weight excluding hydrogens is 281 g/mol. The predicted octanol–water partition coefficient (Wildman–Crippen LogP) is 4.13. The topological polar surface area (TPSA) is 37.3 Å². The Labute approximate surface area is 118 Å². The number of phenolic OH excluding ortho intramolecular Hbond substituents is 1. The van der Waals surface area contributed by atoms with Gasteiger partial charge in [0.2, 0.25) is 0 Å². The van der Waals surface area contributed by atoms with E-state index in [1.54, 1.807) is 6.07 Å². The van der Waals surface area contributed by atoms with Crippen molar-refractivity contribution in [2.24, 2.45) is 0 Å². The molecule has 3 rings (SSSR count). The van der Waals surface area contributed by atoms with Gasteiger partial charge in [-0.05, 0) is 35.4 Å². The Morgan fingerprint density at radius 3 is 2.33 bits per heavy atom. The molecule has 1 aliphatic rings. The highest BCUT2D eigenvalue weighted by atomic mass is 19.4. The van der Waals surface area contributed by atoms with Crippen LogP contribution < -0.4 is 0 Å². The maximum atomic E-state index is 12.6. The van der Waals surface area contributed by atoms with Crippen LogP contribution in [0.3, 0.4) is 0 Å². The van der Waals surface area contributed by atoms with Crippen molar-refractivity contribution in [3.05, 3.63) is 64.7 Å². The number of alkyl halides is 3. The number of halogens is 3. The first-order valence-corrected chi connectivity index (χ1v) is 6.39. The van der Waals surface area contributed by atoms with Crippen molar-refractivity contribution in [1.29, 1.82) is 0 Å². The number of hydrogen-bond donors (Lipinski definition) is 1. The van der Waals surface area contributed by atoms with E-state index >= 15 is 0 Å². The van der Waals surface area contributed by atoms with E-state index in [-0.39, 0.29) is 23.9 Å². The van der Waals surface area contributed by atoms with E-state index in [1.807, 2.05) is 0 Å². The summed E-state index contributed by atoms with van der Waals surface area (Å²) in [5, 5.41) is 9.42. The Morgan fingerprint density at radius 1 is 1.05 bits per heavy atom. The van der Waals surface area contributed by atoms with E-state index in [4.69, 9.17) is 0 Å². The van der Waals surface area contributed by atoms with Gasteiger partial charge in [0, 0.05) is 17.9 Å².